The molecule has 0 saturated carbocycles. The third-order valence-electron chi connectivity index (χ3n) is 5.14. The molecule has 1 unspecified atom stereocenters. The SMILES string of the molecule is CC(CCC(C)(C)c1cc(C(C)(C)C)cc(C(C)(C)C)c1O)C(=O)O. The van der Waals surface area contributed by atoms with E-state index in [0.29, 0.717) is 18.6 Å². The Bertz CT molecular complexity index is 628. The highest BCUT2D eigenvalue weighted by atomic mass is 16.4. The molecule has 3 nitrogen and oxygen atoms in total. The van der Waals surface area contributed by atoms with Crippen LogP contribution in [0.1, 0.15) is 91.8 Å². The van der Waals surface area contributed by atoms with Crippen LogP contribution in [0.4, 0.5) is 0 Å². The van der Waals surface area contributed by atoms with Crippen LogP contribution in [0.2, 0.25) is 0 Å². The first-order valence-corrected chi connectivity index (χ1v) is 9.18. The maximum atomic E-state index is 11.1. The average molecular weight is 349 g/mol. The topological polar surface area (TPSA) is 57.5 Å². The largest absolute Gasteiger partial charge is 0.507 e. The first-order valence-electron chi connectivity index (χ1n) is 9.18. The molecule has 25 heavy (non-hydrogen) atoms. The van der Waals surface area contributed by atoms with Gasteiger partial charge in [-0.05, 0) is 40.2 Å². The molecule has 0 aromatic heterocycles. The van der Waals surface area contributed by atoms with Crippen LogP contribution in [-0.4, -0.2) is 16.2 Å². The average Bonchev–Trinajstić information content (AvgIpc) is 2.42. The number of benzene rings is 1. The molecule has 0 amide bonds. The molecule has 1 rings (SSSR count). The van der Waals surface area contributed by atoms with Crippen LogP contribution in [0.5, 0.6) is 5.75 Å². The molecular formula is C22H36O3. The predicted molar refractivity (Wildman–Crippen MR) is 105 cm³/mol. The number of aliphatic carboxylic acids is 1. The number of phenolic OH excluding ortho intramolecular Hbond substituents is 1. The van der Waals surface area contributed by atoms with E-state index < -0.39 is 5.97 Å². The molecule has 0 aliphatic carbocycles. The van der Waals surface area contributed by atoms with E-state index in [1.165, 1.54) is 5.56 Å². The lowest BCUT2D eigenvalue weighted by Crippen LogP contribution is -2.24. The van der Waals surface area contributed by atoms with Gasteiger partial charge in [-0.15, -0.1) is 0 Å². The Morgan fingerprint density at radius 1 is 0.960 bits per heavy atom. The zero-order chi connectivity index (χ0) is 19.8. The van der Waals surface area contributed by atoms with Gasteiger partial charge in [-0.2, -0.15) is 0 Å². The van der Waals surface area contributed by atoms with Crippen molar-refractivity contribution in [1.29, 1.82) is 0 Å². The highest BCUT2D eigenvalue weighted by molar-refractivity contribution is 5.69. The Morgan fingerprint density at radius 2 is 1.44 bits per heavy atom. The molecule has 1 aromatic rings. The number of rotatable bonds is 5. The number of aromatic hydroxyl groups is 1. The maximum Gasteiger partial charge on any atom is 0.306 e. The summed E-state index contributed by atoms with van der Waals surface area (Å²) in [7, 11) is 0. The second-order valence-electron chi connectivity index (χ2n) is 10.1. The van der Waals surface area contributed by atoms with Gasteiger partial charge in [-0.1, -0.05) is 74.4 Å². The molecule has 142 valence electrons. The van der Waals surface area contributed by atoms with E-state index in [4.69, 9.17) is 5.11 Å². The van der Waals surface area contributed by atoms with Crippen molar-refractivity contribution in [3.05, 3.63) is 28.8 Å². The summed E-state index contributed by atoms with van der Waals surface area (Å²) >= 11 is 0. The summed E-state index contributed by atoms with van der Waals surface area (Å²) < 4.78 is 0. The van der Waals surface area contributed by atoms with Gasteiger partial charge < -0.3 is 10.2 Å². The van der Waals surface area contributed by atoms with E-state index in [9.17, 15) is 9.90 Å². The zero-order valence-electron chi connectivity index (χ0n) is 17.4. The summed E-state index contributed by atoms with van der Waals surface area (Å²) in [6, 6.07) is 4.23. The quantitative estimate of drug-likeness (QED) is 0.710. The number of phenols is 1. The fourth-order valence-electron chi connectivity index (χ4n) is 2.99. The molecule has 0 fully saturated rings. The molecule has 1 atom stereocenters. The summed E-state index contributed by atoms with van der Waals surface area (Å²) in [5, 5.41) is 20.2. The van der Waals surface area contributed by atoms with Gasteiger partial charge in [-0.25, -0.2) is 0 Å². The smallest absolute Gasteiger partial charge is 0.306 e. The zero-order valence-corrected chi connectivity index (χ0v) is 17.4. The summed E-state index contributed by atoms with van der Waals surface area (Å²) in [6.45, 7) is 18.8. The van der Waals surface area contributed by atoms with Crippen molar-refractivity contribution in [3.63, 3.8) is 0 Å². The van der Waals surface area contributed by atoms with Crippen LogP contribution in [0.25, 0.3) is 0 Å². The lowest BCUT2D eigenvalue weighted by Gasteiger charge is -2.33. The van der Waals surface area contributed by atoms with Crippen LogP contribution in [-0.2, 0) is 21.0 Å². The lowest BCUT2D eigenvalue weighted by atomic mass is 9.72. The van der Waals surface area contributed by atoms with Crippen molar-refractivity contribution in [1.82, 2.24) is 0 Å². The van der Waals surface area contributed by atoms with Gasteiger partial charge in [-0.3, -0.25) is 4.79 Å². The highest BCUT2D eigenvalue weighted by Gasteiger charge is 2.31. The second-order valence-corrected chi connectivity index (χ2v) is 10.1. The minimum absolute atomic E-state index is 0.0209. The molecule has 0 aliphatic rings. The van der Waals surface area contributed by atoms with Gasteiger partial charge >= 0.3 is 5.97 Å². The second kappa shape index (κ2) is 7.01. The standard InChI is InChI=1S/C22H36O3/c1-14(19(24)25)10-11-22(8,9)17-13-15(20(2,3)4)12-16(18(17)23)21(5,6)7/h12-14,23H,10-11H2,1-9H3,(H,24,25). The fourth-order valence-corrected chi connectivity index (χ4v) is 2.99. The summed E-state index contributed by atoms with van der Waals surface area (Å²) in [4.78, 5) is 11.1. The Morgan fingerprint density at radius 3 is 1.84 bits per heavy atom. The number of hydrogen-bond acceptors (Lipinski definition) is 2. The third kappa shape index (κ3) is 5.23. The highest BCUT2D eigenvalue weighted by Crippen LogP contribution is 2.43. The molecular weight excluding hydrogens is 312 g/mol. The van der Waals surface area contributed by atoms with Crippen molar-refractivity contribution >= 4 is 5.97 Å². The monoisotopic (exact) mass is 348 g/mol. The summed E-state index contributed by atoms with van der Waals surface area (Å²) in [5.41, 5.74) is 2.59. The van der Waals surface area contributed by atoms with E-state index in [1.54, 1.807) is 6.92 Å². The number of carboxylic acid groups (broad SMARTS) is 1. The van der Waals surface area contributed by atoms with Gasteiger partial charge in [0, 0.05) is 5.56 Å². The van der Waals surface area contributed by atoms with E-state index in [0.717, 1.165) is 11.1 Å². The van der Waals surface area contributed by atoms with Gasteiger partial charge in [0.1, 0.15) is 5.75 Å². The minimum atomic E-state index is -0.765. The van der Waals surface area contributed by atoms with E-state index in [1.807, 2.05) is 0 Å². The number of hydrogen-bond donors (Lipinski definition) is 2. The number of carbonyl (C=O) groups is 1. The maximum absolute atomic E-state index is 11.1. The molecule has 2 N–H and O–H groups in total. The first kappa shape index (κ1) is 21.5. The Balaban J connectivity index is 3.44. The van der Waals surface area contributed by atoms with Gasteiger partial charge in [0.2, 0.25) is 0 Å². The predicted octanol–water partition coefficient (Wildman–Crippen LogP) is 5.77. The van der Waals surface area contributed by atoms with Crippen molar-refractivity contribution in [2.75, 3.05) is 0 Å². The summed E-state index contributed by atoms with van der Waals surface area (Å²) in [6.07, 6.45) is 1.30. The van der Waals surface area contributed by atoms with Gasteiger partial charge in [0.15, 0.2) is 0 Å². The van der Waals surface area contributed by atoms with Crippen molar-refractivity contribution in [2.24, 2.45) is 5.92 Å². The van der Waals surface area contributed by atoms with Gasteiger partial charge in [0.05, 0.1) is 5.92 Å². The minimum Gasteiger partial charge on any atom is -0.507 e. The molecule has 0 aliphatic heterocycles. The Kier molecular flexibility index (Phi) is 6.04. The molecule has 0 heterocycles. The molecule has 0 radical (unpaired) electrons. The molecule has 1 aromatic carbocycles. The van der Waals surface area contributed by atoms with Crippen LogP contribution in [0.3, 0.4) is 0 Å². The first-order chi connectivity index (χ1) is 11.1. The number of carboxylic acids is 1. The van der Waals surface area contributed by atoms with Crippen molar-refractivity contribution in [2.45, 2.75) is 91.4 Å². The summed E-state index contributed by atoms with van der Waals surface area (Å²) in [5.74, 6) is -0.790. The normalized spacial score (nSPS) is 14.4. The Hall–Kier alpha value is -1.51. The molecule has 0 saturated heterocycles. The Labute approximate surface area is 153 Å². The van der Waals surface area contributed by atoms with Crippen LogP contribution in [0, 0.1) is 5.92 Å². The van der Waals surface area contributed by atoms with E-state index >= 15 is 0 Å². The molecule has 0 bridgehead atoms. The van der Waals surface area contributed by atoms with Crippen LogP contribution in [0.15, 0.2) is 12.1 Å². The van der Waals surface area contributed by atoms with E-state index in [-0.39, 0.29) is 22.2 Å². The van der Waals surface area contributed by atoms with Crippen molar-refractivity contribution < 1.29 is 15.0 Å². The van der Waals surface area contributed by atoms with Crippen molar-refractivity contribution in [3.8, 4) is 5.75 Å². The van der Waals surface area contributed by atoms with Crippen LogP contribution >= 0.6 is 0 Å². The molecule has 3 heteroatoms. The van der Waals surface area contributed by atoms with Crippen LogP contribution < -0.4 is 0 Å². The third-order valence-corrected chi connectivity index (χ3v) is 5.14. The lowest BCUT2D eigenvalue weighted by molar-refractivity contribution is -0.141. The van der Waals surface area contributed by atoms with Gasteiger partial charge in [0.25, 0.3) is 0 Å². The van der Waals surface area contributed by atoms with E-state index in [2.05, 4.69) is 67.5 Å². The molecule has 0 spiro atoms. The fraction of sp³-hybridized carbons (Fsp3) is 0.682.